The molecule has 10 heavy (non-hydrogen) atoms. The van der Waals surface area contributed by atoms with Crippen molar-refractivity contribution in [2.75, 3.05) is 0 Å². The van der Waals surface area contributed by atoms with E-state index in [0.29, 0.717) is 11.8 Å². The van der Waals surface area contributed by atoms with Crippen LogP contribution >= 0.6 is 11.6 Å². The molecule has 1 heteroatoms. The third kappa shape index (κ3) is 2.74. The lowest BCUT2D eigenvalue weighted by Gasteiger charge is -2.16. The largest absolute Gasteiger partial charge is 0.0895 e. The molecular formula is C9H17Cl. The van der Waals surface area contributed by atoms with Gasteiger partial charge in [-0.1, -0.05) is 37.9 Å². The Kier molecular flexibility index (Phi) is 4.04. The average molecular weight is 161 g/mol. The van der Waals surface area contributed by atoms with E-state index in [1.54, 1.807) is 0 Å². The highest BCUT2D eigenvalue weighted by Gasteiger charge is 2.09. The maximum atomic E-state index is 5.85. The lowest BCUT2D eigenvalue weighted by molar-refractivity contribution is 0.478. The van der Waals surface area contributed by atoms with Crippen LogP contribution in [0, 0.1) is 11.8 Å². The van der Waals surface area contributed by atoms with Crippen LogP contribution in [0.1, 0.15) is 34.6 Å². The zero-order valence-electron chi connectivity index (χ0n) is 7.53. The summed E-state index contributed by atoms with van der Waals surface area (Å²) in [5.41, 5.74) is 1.32. The van der Waals surface area contributed by atoms with Crippen LogP contribution < -0.4 is 0 Å². The van der Waals surface area contributed by atoms with Crippen molar-refractivity contribution in [1.29, 1.82) is 0 Å². The van der Waals surface area contributed by atoms with Gasteiger partial charge in [-0.2, -0.15) is 0 Å². The van der Waals surface area contributed by atoms with Crippen molar-refractivity contribution in [2.45, 2.75) is 34.6 Å². The van der Waals surface area contributed by atoms with Crippen LogP contribution in [0.2, 0.25) is 0 Å². The molecule has 0 N–H and O–H groups in total. The predicted octanol–water partition coefficient (Wildman–Crippen LogP) is 3.81. The van der Waals surface area contributed by atoms with Crippen molar-refractivity contribution < 1.29 is 0 Å². The fraction of sp³-hybridized carbons (Fsp3) is 0.778. The maximum Gasteiger partial charge on any atom is 0.0142 e. The SMILES string of the molecule is CC(Cl)=C(C)[C@@H](C)C(C)C. The summed E-state index contributed by atoms with van der Waals surface area (Å²) >= 11 is 5.85. The van der Waals surface area contributed by atoms with Gasteiger partial charge in [-0.25, -0.2) is 0 Å². The molecular weight excluding hydrogens is 144 g/mol. The standard InChI is InChI=1S/C9H17Cl/c1-6(2)7(3)8(4)9(5)10/h6-7H,1-5H3/t7-/m0/s1. The molecule has 1 atom stereocenters. The molecule has 0 nitrogen and oxygen atoms in total. The molecule has 0 radical (unpaired) electrons. The molecule has 0 spiro atoms. The van der Waals surface area contributed by atoms with Gasteiger partial charge < -0.3 is 0 Å². The van der Waals surface area contributed by atoms with Crippen LogP contribution in [0.4, 0.5) is 0 Å². The molecule has 0 unspecified atom stereocenters. The maximum absolute atomic E-state index is 5.85. The minimum Gasteiger partial charge on any atom is -0.0895 e. The van der Waals surface area contributed by atoms with Crippen molar-refractivity contribution in [3.05, 3.63) is 10.6 Å². The quantitative estimate of drug-likeness (QED) is 0.577. The number of hydrogen-bond donors (Lipinski definition) is 0. The van der Waals surface area contributed by atoms with E-state index in [-0.39, 0.29) is 0 Å². The summed E-state index contributed by atoms with van der Waals surface area (Å²) in [5, 5.41) is 0.946. The van der Waals surface area contributed by atoms with Crippen molar-refractivity contribution in [1.82, 2.24) is 0 Å². The van der Waals surface area contributed by atoms with E-state index in [2.05, 4.69) is 27.7 Å². The van der Waals surface area contributed by atoms with Gasteiger partial charge in [-0.3, -0.25) is 0 Å². The van der Waals surface area contributed by atoms with Crippen LogP contribution in [0.25, 0.3) is 0 Å². The molecule has 60 valence electrons. The van der Waals surface area contributed by atoms with Crippen LogP contribution in [0.5, 0.6) is 0 Å². The highest BCUT2D eigenvalue weighted by atomic mass is 35.5. The summed E-state index contributed by atoms with van der Waals surface area (Å²) in [4.78, 5) is 0. The molecule has 0 amide bonds. The monoisotopic (exact) mass is 160 g/mol. The minimum atomic E-state index is 0.609. The number of halogens is 1. The Balaban J connectivity index is 4.22. The fourth-order valence-corrected chi connectivity index (χ4v) is 0.986. The third-order valence-corrected chi connectivity index (χ3v) is 2.52. The van der Waals surface area contributed by atoms with Gasteiger partial charge in [0.25, 0.3) is 0 Å². The van der Waals surface area contributed by atoms with Gasteiger partial charge in [0.1, 0.15) is 0 Å². The molecule has 0 rings (SSSR count). The van der Waals surface area contributed by atoms with Crippen molar-refractivity contribution in [2.24, 2.45) is 11.8 Å². The second-order valence-electron chi connectivity index (χ2n) is 3.25. The molecule has 0 bridgehead atoms. The van der Waals surface area contributed by atoms with Crippen LogP contribution in [0.3, 0.4) is 0 Å². The number of rotatable bonds is 2. The summed E-state index contributed by atoms with van der Waals surface area (Å²) in [6.07, 6.45) is 0. The van der Waals surface area contributed by atoms with Crippen molar-refractivity contribution in [3.8, 4) is 0 Å². The lowest BCUT2D eigenvalue weighted by atomic mass is 9.91. The summed E-state index contributed by atoms with van der Waals surface area (Å²) in [6, 6.07) is 0. The molecule has 0 saturated carbocycles. The first-order valence-corrected chi connectivity index (χ1v) is 4.17. The third-order valence-electron chi connectivity index (χ3n) is 2.23. The van der Waals surface area contributed by atoms with E-state index >= 15 is 0 Å². The van der Waals surface area contributed by atoms with Crippen molar-refractivity contribution >= 4 is 11.6 Å². The number of allylic oxidation sites excluding steroid dienone is 2. The minimum absolute atomic E-state index is 0.609. The van der Waals surface area contributed by atoms with Gasteiger partial charge in [-0.05, 0) is 25.7 Å². The lowest BCUT2D eigenvalue weighted by Crippen LogP contribution is -2.05. The number of hydrogen-bond acceptors (Lipinski definition) is 0. The summed E-state index contributed by atoms with van der Waals surface area (Å²) in [5.74, 6) is 1.30. The first-order valence-electron chi connectivity index (χ1n) is 3.79. The Labute approximate surface area is 69.3 Å². The smallest absolute Gasteiger partial charge is 0.0142 e. The normalized spacial score (nSPS) is 17.1. The van der Waals surface area contributed by atoms with Gasteiger partial charge >= 0.3 is 0 Å². The highest BCUT2D eigenvalue weighted by molar-refractivity contribution is 6.29. The molecule has 0 aromatic carbocycles. The van der Waals surface area contributed by atoms with Crippen LogP contribution in [0.15, 0.2) is 10.6 Å². The Morgan fingerprint density at radius 3 is 1.60 bits per heavy atom. The molecule has 0 aliphatic rings. The first kappa shape index (κ1) is 10.0. The topological polar surface area (TPSA) is 0 Å². The molecule has 0 aliphatic heterocycles. The zero-order valence-corrected chi connectivity index (χ0v) is 8.29. The average Bonchev–Trinajstić information content (AvgIpc) is 1.84. The van der Waals surface area contributed by atoms with E-state index in [1.165, 1.54) is 5.57 Å². The second kappa shape index (κ2) is 4.02. The van der Waals surface area contributed by atoms with Gasteiger partial charge in [0, 0.05) is 5.03 Å². The molecule has 0 aromatic rings. The molecule has 0 aromatic heterocycles. The Hall–Kier alpha value is 0.0300. The summed E-state index contributed by atoms with van der Waals surface area (Å²) < 4.78 is 0. The molecule has 0 heterocycles. The van der Waals surface area contributed by atoms with Crippen LogP contribution in [-0.4, -0.2) is 0 Å². The highest BCUT2D eigenvalue weighted by Crippen LogP contribution is 2.23. The second-order valence-corrected chi connectivity index (χ2v) is 3.82. The summed E-state index contributed by atoms with van der Waals surface area (Å²) in [7, 11) is 0. The van der Waals surface area contributed by atoms with E-state index < -0.39 is 0 Å². The first-order chi connectivity index (χ1) is 4.46. The van der Waals surface area contributed by atoms with E-state index in [0.717, 1.165) is 5.03 Å². The van der Waals surface area contributed by atoms with E-state index in [9.17, 15) is 0 Å². The Morgan fingerprint density at radius 1 is 1.10 bits per heavy atom. The van der Waals surface area contributed by atoms with Gasteiger partial charge in [-0.15, -0.1) is 0 Å². The Bertz CT molecular complexity index is 130. The van der Waals surface area contributed by atoms with Crippen molar-refractivity contribution in [3.63, 3.8) is 0 Å². The van der Waals surface area contributed by atoms with Gasteiger partial charge in [0.05, 0.1) is 0 Å². The molecule has 0 aliphatic carbocycles. The predicted molar refractivity (Wildman–Crippen MR) is 48.2 cm³/mol. The molecule has 0 fully saturated rings. The van der Waals surface area contributed by atoms with Gasteiger partial charge in [0.2, 0.25) is 0 Å². The van der Waals surface area contributed by atoms with Gasteiger partial charge in [0.15, 0.2) is 0 Å². The summed E-state index contributed by atoms with van der Waals surface area (Å²) in [6.45, 7) is 10.7. The zero-order chi connectivity index (χ0) is 8.31. The molecule has 0 saturated heterocycles. The van der Waals surface area contributed by atoms with E-state index in [4.69, 9.17) is 11.6 Å². The van der Waals surface area contributed by atoms with Crippen LogP contribution in [-0.2, 0) is 0 Å². The van der Waals surface area contributed by atoms with E-state index in [1.807, 2.05) is 6.92 Å². The fourth-order valence-electron chi connectivity index (χ4n) is 0.814. The Morgan fingerprint density at radius 2 is 1.50 bits per heavy atom.